The zero-order chi connectivity index (χ0) is 40.6. The van der Waals surface area contributed by atoms with Crippen LogP contribution in [0.4, 0.5) is 0 Å². The van der Waals surface area contributed by atoms with Crippen molar-refractivity contribution in [1.29, 1.82) is 0 Å². The fourth-order valence-electron chi connectivity index (χ4n) is 6.79. The highest BCUT2D eigenvalue weighted by Gasteiger charge is 2.07. The molecule has 0 heterocycles. The summed E-state index contributed by atoms with van der Waals surface area (Å²) in [7, 11) is 0. The molecule has 0 aromatic heterocycles. The van der Waals surface area contributed by atoms with E-state index in [1.54, 1.807) is 0 Å². The van der Waals surface area contributed by atoms with Crippen LogP contribution in [-0.4, -0.2) is 48.1 Å². The number of hydrogen-bond acceptors (Lipinski definition) is 6. The van der Waals surface area contributed by atoms with Gasteiger partial charge in [-0.15, -0.1) is 0 Å². The molecule has 0 amide bonds. The van der Waals surface area contributed by atoms with Crippen molar-refractivity contribution in [3.63, 3.8) is 0 Å². The Morgan fingerprint density at radius 2 is 0.709 bits per heavy atom. The van der Waals surface area contributed by atoms with Crippen LogP contribution in [0.15, 0.2) is 12.2 Å². The van der Waals surface area contributed by atoms with Crippen molar-refractivity contribution >= 4 is 11.9 Å². The van der Waals surface area contributed by atoms with Gasteiger partial charge in [0.25, 0.3) is 0 Å². The molecule has 0 saturated heterocycles. The third-order valence-electron chi connectivity index (χ3n) is 10.5. The second kappa shape index (κ2) is 50.6. The average molecular weight is 781 g/mol. The summed E-state index contributed by atoms with van der Waals surface area (Å²) < 4.78 is 10.2. The number of hydrogen-bond donors (Lipinski definition) is 2. The maximum absolute atomic E-state index is 11.8. The molecule has 0 aliphatic carbocycles. The molecule has 0 spiro atoms. The minimum absolute atomic E-state index is 0.00979. The topological polar surface area (TPSA) is 93.1 Å². The predicted octanol–water partition coefficient (Wildman–Crippen LogP) is 14.9. The molecule has 0 aliphatic heterocycles. The molecule has 0 aromatic rings. The van der Waals surface area contributed by atoms with E-state index in [-0.39, 0.29) is 25.2 Å². The Morgan fingerprint density at radius 3 is 1.05 bits per heavy atom. The van der Waals surface area contributed by atoms with Crippen LogP contribution >= 0.6 is 0 Å². The van der Waals surface area contributed by atoms with Gasteiger partial charge in [0.15, 0.2) is 0 Å². The summed E-state index contributed by atoms with van der Waals surface area (Å²) in [6.45, 7) is 6.95. The van der Waals surface area contributed by atoms with Crippen LogP contribution in [0.3, 0.4) is 0 Å². The molecule has 2 N–H and O–H groups in total. The third-order valence-corrected chi connectivity index (χ3v) is 10.5. The summed E-state index contributed by atoms with van der Waals surface area (Å²) in [5, 5.41) is 17.7. The molecule has 328 valence electrons. The maximum Gasteiger partial charge on any atom is 0.305 e. The van der Waals surface area contributed by atoms with Crippen LogP contribution in [0.1, 0.15) is 265 Å². The number of carbonyl (C=O) groups excluding carboxylic acids is 2. The smallest absolute Gasteiger partial charge is 0.305 e. The molecule has 55 heavy (non-hydrogen) atoms. The summed E-state index contributed by atoms with van der Waals surface area (Å²) in [5.74, 6) is -0.266. The zero-order valence-corrected chi connectivity index (χ0v) is 37.3. The van der Waals surface area contributed by atoms with Gasteiger partial charge in [-0.1, -0.05) is 219 Å². The fraction of sp³-hybridized carbons (Fsp3) is 0.918. The molecule has 0 rings (SSSR count). The van der Waals surface area contributed by atoms with E-state index in [2.05, 4.69) is 32.9 Å². The van der Waals surface area contributed by atoms with Crippen molar-refractivity contribution in [2.45, 2.75) is 271 Å². The average Bonchev–Trinajstić information content (AvgIpc) is 3.19. The van der Waals surface area contributed by atoms with Crippen molar-refractivity contribution in [1.82, 2.24) is 0 Å². The van der Waals surface area contributed by atoms with Crippen molar-refractivity contribution in [2.24, 2.45) is 0 Å². The van der Waals surface area contributed by atoms with Gasteiger partial charge < -0.3 is 19.7 Å². The summed E-state index contributed by atoms with van der Waals surface area (Å²) in [5.41, 5.74) is 0. The largest absolute Gasteiger partial charge is 0.466 e. The molecule has 1 unspecified atom stereocenters. The molecule has 1 atom stereocenters. The molecule has 6 heteroatoms. The van der Waals surface area contributed by atoms with Gasteiger partial charge in [0.2, 0.25) is 0 Å². The number of aliphatic hydroxyl groups is 2. The minimum atomic E-state index is -0.954. The van der Waals surface area contributed by atoms with Gasteiger partial charge in [0.05, 0.1) is 13.2 Å². The van der Waals surface area contributed by atoms with Gasteiger partial charge in [-0.05, 0) is 44.9 Å². The Labute approximate surface area is 343 Å². The molecule has 0 bridgehead atoms. The first-order valence-corrected chi connectivity index (χ1v) is 24.3. The van der Waals surface area contributed by atoms with E-state index in [4.69, 9.17) is 19.7 Å². The second-order valence-electron chi connectivity index (χ2n) is 16.2. The minimum Gasteiger partial charge on any atom is -0.466 e. The molecular formula is C49H96O6. The van der Waals surface area contributed by atoms with Gasteiger partial charge in [-0.25, -0.2) is 0 Å². The first kappa shape index (κ1) is 55.7. The van der Waals surface area contributed by atoms with Gasteiger partial charge in [-0.2, -0.15) is 0 Å². The summed E-state index contributed by atoms with van der Waals surface area (Å²) in [6.07, 6.45) is 51.4. The van der Waals surface area contributed by atoms with Crippen LogP contribution < -0.4 is 0 Å². The van der Waals surface area contributed by atoms with E-state index in [1.165, 1.54) is 199 Å². The van der Waals surface area contributed by atoms with E-state index in [9.17, 15) is 9.59 Å². The number of esters is 2. The van der Waals surface area contributed by atoms with Gasteiger partial charge in [0, 0.05) is 12.8 Å². The highest BCUT2D eigenvalue weighted by atomic mass is 16.5. The standard InChI is InChI=1S/C28H54O2.C21H42O4/c1-3-5-7-9-11-13-14-15-16-17-18-19-20-22-24-26-28(29)30-27-25-23-21-12-10-8-6-4-2;1-2-3-4-5-6-7-8-9-10-11-12-13-14-15-16-17-21(24)25-19-20(23)18-22/h15-16H,3-14,17-27H2,1-2H3;20,22-23H,2-19H2,1H3/b16-15-;. The van der Waals surface area contributed by atoms with Gasteiger partial charge >= 0.3 is 11.9 Å². The third kappa shape index (κ3) is 52.6. The Balaban J connectivity index is 0. The first-order chi connectivity index (χ1) is 27.0. The van der Waals surface area contributed by atoms with Crippen molar-refractivity contribution < 1.29 is 29.3 Å². The fourth-order valence-corrected chi connectivity index (χ4v) is 6.79. The van der Waals surface area contributed by atoms with Crippen LogP contribution in [0.5, 0.6) is 0 Å². The normalized spacial score (nSPS) is 11.8. The first-order valence-electron chi connectivity index (χ1n) is 24.3. The predicted molar refractivity (Wildman–Crippen MR) is 237 cm³/mol. The summed E-state index contributed by atoms with van der Waals surface area (Å²) in [6, 6.07) is 0. The summed E-state index contributed by atoms with van der Waals surface area (Å²) in [4.78, 5) is 23.1. The SMILES string of the molecule is CCCCCCCC/C=C\CCCCCCCC(=O)OCCCCCCCCCC.CCCCCCCCCCCCCCCCCC(=O)OCC(O)CO. The molecule has 0 fully saturated rings. The van der Waals surface area contributed by atoms with Crippen molar-refractivity contribution in [2.75, 3.05) is 19.8 Å². The molecular weight excluding hydrogens is 685 g/mol. The lowest BCUT2D eigenvalue weighted by atomic mass is 10.0. The van der Waals surface area contributed by atoms with E-state index in [0.717, 1.165) is 32.1 Å². The van der Waals surface area contributed by atoms with Crippen LogP contribution in [0.25, 0.3) is 0 Å². The maximum atomic E-state index is 11.8. The number of carbonyl (C=O) groups is 2. The quantitative estimate of drug-likeness (QED) is 0.0364. The van der Waals surface area contributed by atoms with E-state index >= 15 is 0 Å². The highest BCUT2D eigenvalue weighted by molar-refractivity contribution is 5.69. The Morgan fingerprint density at radius 1 is 0.418 bits per heavy atom. The number of ether oxygens (including phenoxy) is 2. The Hall–Kier alpha value is -1.40. The highest BCUT2D eigenvalue weighted by Crippen LogP contribution is 2.15. The van der Waals surface area contributed by atoms with Crippen molar-refractivity contribution in [3.05, 3.63) is 12.2 Å². The number of allylic oxidation sites excluding steroid dienone is 2. The van der Waals surface area contributed by atoms with E-state index < -0.39 is 6.10 Å². The van der Waals surface area contributed by atoms with Gasteiger partial charge in [0.1, 0.15) is 12.7 Å². The lowest BCUT2D eigenvalue weighted by molar-refractivity contribution is -0.147. The number of unbranched alkanes of at least 4 members (excludes halogenated alkanes) is 32. The lowest BCUT2D eigenvalue weighted by Crippen LogP contribution is -2.21. The molecule has 0 saturated carbocycles. The Kier molecular flexibility index (Phi) is 51.3. The van der Waals surface area contributed by atoms with Gasteiger partial charge in [-0.3, -0.25) is 9.59 Å². The Bertz CT molecular complexity index is 768. The van der Waals surface area contributed by atoms with Crippen LogP contribution in [-0.2, 0) is 19.1 Å². The number of rotatable bonds is 43. The zero-order valence-electron chi connectivity index (χ0n) is 37.3. The van der Waals surface area contributed by atoms with Crippen LogP contribution in [0.2, 0.25) is 0 Å². The monoisotopic (exact) mass is 781 g/mol. The summed E-state index contributed by atoms with van der Waals surface area (Å²) >= 11 is 0. The van der Waals surface area contributed by atoms with E-state index in [0.29, 0.717) is 19.4 Å². The second-order valence-corrected chi connectivity index (χ2v) is 16.2. The molecule has 0 aliphatic rings. The molecule has 0 aromatic carbocycles. The molecule has 6 nitrogen and oxygen atoms in total. The number of aliphatic hydroxyl groups excluding tert-OH is 2. The lowest BCUT2D eigenvalue weighted by Gasteiger charge is -2.08. The van der Waals surface area contributed by atoms with Crippen molar-refractivity contribution in [3.8, 4) is 0 Å². The van der Waals surface area contributed by atoms with Crippen LogP contribution in [0, 0.1) is 0 Å². The molecule has 0 radical (unpaired) electrons. The van der Waals surface area contributed by atoms with E-state index in [1.807, 2.05) is 0 Å².